The number of ether oxygens (including phenoxy) is 1. The van der Waals surface area contributed by atoms with Crippen molar-refractivity contribution in [1.29, 1.82) is 5.26 Å². The van der Waals surface area contributed by atoms with E-state index in [4.69, 9.17) is 4.74 Å². The molecule has 0 fully saturated rings. The number of benzene rings is 2. The van der Waals surface area contributed by atoms with Crippen LogP contribution >= 0.6 is 22.7 Å². The van der Waals surface area contributed by atoms with E-state index < -0.39 is 5.91 Å². The van der Waals surface area contributed by atoms with E-state index >= 15 is 0 Å². The second-order valence-electron chi connectivity index (χ2n) is 6.48. The molecule has 7 heteroatoms. The van der Waals surface area contributed by atoms with Crippen molar-refractivity contribution in [2.45, 2.75) is 6.61 Å². The van der Waals surface area contributed by atoms with E-state index in [1.807, 2.05) is 83.6 Å². The van der Waals surface area contributed by atoms with Crippen LogP contribution in [0.25, 0.3) is 16.6 Å². The quantitative estimate of drug-likeness (QED) is 0.281. The predicted octanol–water partition coefficient (Wildman–Crippen LogP) is 6.00. The van der Waals surface area contributed by atoms with Crippen LogP contribution < -0.4 is 10.1 Å². The van der Waals surface area contributed by atoms with Crippen LogP contribution in [-0.2, 0) is 11.4 Å². The van der Waals surface area contributed by atoms with Crippen molar-refractivity contribution >= 4 is 39.8 Å². The van der Waals surface area contributed by atoms with Gasteiger partial charge in [-0.25, -0.2) is 4.98 Å². The number of anilines is 1. The van der Waals surface area contributed by atoms with Gasteiger partial charge in [-0.1, -0.05) is 48.5 Å². The standard InChI is InChI=1S/C24H17N3O2S2/c25-14-19(23(28)27-24-26-21(16-31-24)22-7-4-12-30-22)13-17-8-10-20(11-9-17)29-15-18-5-2-1-3-6-18/h1-13,16H,15H2,(H,26,27,28)/b19-13-. The number of thiazole rings is 1. The van der Waals surface area contributed by atoms with Crippen molar-refractivity contribution in [3.63, 3.8) is 0 Å². The lowest BCUT2D eigenvalue weighted by molar-refractivity contribution is -0.112. The number of nitrogens with zero attached hydrogens (tertiary/aromatic N) is 2. The molecule has 0 unspecified atom stereocenters. The van der Waals surface area contributed by atoms with Gasteiger partial charge in [-0.05, 0) is 40.8 Å². The van der Waals surface area contributed by atoms with E-state index in [0.29, 0.717) is 17.5 Å². The van der Waals surface area contributed by atoms with Gasteiger partial charge in [0.05, 0.1) is 10.6 Å². The van der Waals surface area contributed by atoms with E-state index in [2.05, 4.69) is 10.3 Å². The molecule has 0 atom stereocenters. The average molecular weight is 444 g/mol. The number of hydrogen-bond donors (Lipinski definition) is 1. The van der Waals surface area contributed by atoms with Crippen LogP contribution in [0.5, 0.6) is 5.75 Å². The van der Waals surface area contributed by atoms with Crippen molar-refractivity contribution < 1.29 is 9.53 Å². The van der Waals surface area contributed by atoms with E-state index in [9.17, 15) is 10.1 Å². The third-order valence-corrected chi connectivity index (χ3v) is 5.95. The van der Waals surface area contributed by atoms with Gasteiger partial charge in [-0.15, -0.1) is 22.7 Å². The van der Waals surface area contributed by atoms with Crippen LogP contribution in [0.4, 0.5) is 5.13 Å². The molecule has 0 bridgehead atoms. The molecule has 31 heavy (non-hydrogen) atoms. The number of carbonyl (C=O) groups excluding carboxylic acids is 1. The minimum Gasteiger partial charge on any atom is -0.489 e. The van der Waals surface area contributed by atoms with Crippen LogP contribution in [0.2, 0.25) is 0 Å². The number of carbonyl (C=O) groups is 1. The van der Waals surface area contributed by atoms with Gasteiger partial charge in [0.1, 0.15) is 24.0 Å². The Kier molecular flexibility index (Phi) is 6.53. The van der Waals surface area contributed by atoms with Crippen LogP contribution in [0.3, 0.4) is 0 Å². The van der Waals surface area contributed by atoms with E-state index in [-0.39, 0.29) is 5.57 Å². The summed E-state index contributed by atoms with van der Waals surface area (Å²) in [5, 5.41) is 16.5. The topological polar surface area (TPSA) is 75.0 Å². The Bertz CT molecular complexity index is 1220. The second-order valence-corrected chi connectivity index (χ2v) is 8.29. The maximum atomic E-state index is 12.5. The highest BCUT2D eigenvalue weighted by Gasteiger charge is 2.13. The summed E-state index contributed by atoms with van der Waals surface area (Å²) in [6.07, 6.45) is 1.55. The predicted molar refractivity (Wildman–Crippen MR) is 125 cm³/mol. The Morgan fingerprint density at radius 3 is 2.58 bits per heavy atom. The second kappa shape index (κ2) is 9.85. The van der Waals surface area contributed by atoms with Crippen LogP contribution in [-0.4, -0.2) is 10.9 Å². The van der Waals surface area contributed by atoms with Gasteiger partial charge in [0.25, 0.3) is 5.91 Å². The Hall–Kier alpha value is -3.73. The van der Waals surface area contributed by atoms with E-state index in [1.54, 1.807) is 17.4 Å². The van der Waals surface area contributed by atoms with Crippen molar-refractivity contribution in [3.05, 3.63) is 94.2 Å². The molecule has 2 aromatic heterocycles. The van der Waals surface area contributed by atoms with E-state index in [1.165, 1.54) is 11.3 Å². The lowest BCUT2D eigenvalue weighted by Crippen LogP contribution is -2.13. The third-order valence-electron chi connectivity index (χ3n) is 4.30. The zero-order valence-corrected chi connectivity index (χ0v) is 18.0. The highest BCUT2D eigenvalue weighted by Crippen LogP contribution is 2.28. The molecule has 0 aliphatic heterocycles. The monoisotopic (exact) mass is 443 g/mol. The fraction of sp³-hybridized carbons (Fsp3) is 0.0417. The van der Waals surface area contributed by atoms with Gasteiger partial charge in [0, 0.05) is 5.38 Å². The molecule has 4 rings (SSSR count). The summed E-state index contributed by atoms with van der Waals surface area (Å²) in [6.45, 7) is 0.475. The fourth-order valence-electron chi connectivity index (χ4n) is 2.75. The first-order valence-corrected chi connectivity index (χ1v) is 11.2. The SMILES string of the molecule is N#C/C(=C/c1ccc(OCc2ccccc2)cc1)C(=O)Nc1nc(-c2cccs2)cs1. The molecule has 152 valence electrons. The number of nitrogens with one attached hydrogen (secondary N) is 1. The van der Waals surface area contributed by atoms with Crippen molar-refractivity contribution in [1.82, 2.24) is 4.98 Å². The number of amides is 1. The highest BCUT2D eigenvalue weighted by atomic mass is 32.1. The molecule has 0 aliphatic carbocycles. The Morgan fingerprint density at radius 2 is 1.87 bits per heavy atom. The normalized spacial score (nSPS) is 11.0. The molecule has 5 nitrogen and oxygen atoms in total. The largest absolute Gasteiger partial charge is 0.489 e. The molecule has 2 heterocycles. The van der Waals surface area contributed by atoms with Gasteiger partial charge in [-0.3, -0.25) is 10.1 Å². The van der Waals surface area contributed by atoms with Crippen molar-refractivity contribution in [3.8, 4) is 22.4 Å². The number of rotatable bonds is 7. The van der Waals surface area contributed by atoms with Gasteiger partial charge < -0.3 is 4.74 Å². The summed E-state index contributed by atoms with van der Waals surface area (Å²) in [6, 6.07) is 23.0. The highest BCUT2D eigenvalue weighted by molar-refractivity contribution is 7.16. The van der Waals surface area contributed by atoms with Gasteiger partial charge in [-0.2, -0.15) is 5.26 Å². The zero-order chi connectivity index (χ0) is 21.5. The molecular formula is C24H17N3O2S2. The number of aromatic nitrogens is 1. The molecule has 4 aromatic rings. The molecule has 0 saturated carbocycles. The molecule has 1 amide bonds. The lowest BCUT2D eigenvalue weighted by Gasteiger charge is -2.06. The first-order valence-electron chi connectivity index (χ1n) is 9.40. The van der Waals surface area contributed by atoms with Crippen molar-refractivity contribution in [2.24, 2.45) is 0 Å². The van der Waals surface area contributed by atoms with Crippen LogP contribution in [0.1, 0.15) is 11.1 Å². The minimum absolute atomic E-state index is 0.00540. The average Bonchev–Trinajstić information content (AvgIpc) is 3.49. The molecule has 0 spiro atoms. The van der Waals surface area contributed by atoms with Gasteiger partial charge in [0.2, 0.25) is 0 Å². The smallest absolute Gasteiger partial charge is 0.268 e. The van der Waals surface area contributed by atoms with Gasteiger partial charge in [0.15, 0.2) is 5.13 Å². The fourth-order valence-corrected chi connectivity index (χ4v) is 4.22. The molecular weight excluding hydrogens is 426 g/mol. The first-order chi connectivity index (χ1) is 15.2. The first kappa shape index (κ1) is 20.5. The molecule has 1 N–H and O–H groups in total. The zero-order valence-electron chi connectivity index (χ0n) is 16.3. The maximum Gasteiger partial charge on any atom is 0.268 e. The summed E-state index contributed by atoms with van der Waals surface area (Å²) in [4.78, 5) is 18.0. The van der Waals surface area contributed by atoms with E-state index in [0.717, 1.165) is 21.7 Å². The summed E-state index contributed by atoms with van der Waals surface area (Å²) >= 11 is 2.91. The number of thiophene rings is 1. The summed E-state index contributed by atoms with van der Waals surface area (Å²) in [5.74, 6) is 0.229. The summed E-state index contributed by atoms with van der Waals surface area (Å²) in [5.41, 5.74) is 2.63. The molecule has 0 aliphatic rings. The van der Waals surface area contributed by atoms with Crippen LogP contribution in [0.15, 0.2) is 83.1 Å². The Balaban J connectivity index is 1.39. The summed E-state index contributed by atoms with van der Waals surface area (Å²) in [7, 11) is 0. The van der Waals surface area contributed by atoms with Gasteiger partial charge >= 0.3 is 0 Å². The number of nitriles is 1. The Labute approximate surface area is 187 Å². The minimum atomic E-state index is -0.487. The van der Waals surface area contributed by atoms with Crippen molar-refractivity contribution in [2.75, 3.05) is 5.32 Å². The lowest BCUT2D eigenvalue weighted by atomic mass is 10.1. The third kappa shape index (κ3) is 5.45. The number of hydrogen-bond acceptors (Lipinski definition) is 6. The molecule has 0 saturated heterocycles. The maximum absolute atomic E-state index is 12.5. The van der Waals surface area contributed by atoms with Crippen LogP contribution in [0, 0.1) is 11.3 Å². The molecule has 2 aromatic carbocycles. The molecule has 0 radical (unpaired) electrons. The Morgan fingerprint density at radius 1 is 1.06 bits per heavy atom. The summed E-state index contributed by atoms with van der Waals surface area (Å²) < 4.78 is 5.77.